The van der Waals surface area contributed by atoms with Crippen LogP contribution in [0, 0.1) is 5.92 Å². The minimum Gasteiger partial charge on any atom is -0.489 e. The molecule has 11 nitrogen and oxygen atoms in total. The van der Waals surface area contributed by atoms with Crippen molar-refractivity contribution in [3.05, 3.63) is 94.3 Å². The van der Waals surface area contributed by atoms with Gasteiger partial charge in [-0.2, -0.15) is 0 Å². The third-order valence-electron chi connectivity index (χ3n) is 8.73. The van der Waals surface area contributed by atoms with Gasteiger partial charge in [-0.3, -0.25) is 9.29 Å². The summed E-state index contributed by atoms with van der Waals surface area (Å²) in [5, 5.41) is 13.6. The summed E-state index contributed by atoms with van der Waals surface area (Å²) in [5.74, 6) is 1.90. The van der Waals surface area contributed by atoms with E-state index in [0.717, 1.165) is 30.0 Å². The molecule has 0 amide bonds. The Balaban J connectivity index is 1.02. The number of nitrogens with two attached hydrogens (primary N) is 1. The number of aromatic nitrogens is 3. The molecule has 2 atom stereocenters. The number of nitrogens with zero attached hydrogens (tertiary/aromatic N) is 2. The van der Waals surface area contributed by atoms with E-state index < -0.39 is 16.1 Å². The van der Waals surface area contributed by atoms with Gasteiger partial charge in [0.05, 0.1) is 16.7 Å². The molecule has 0 radical (unpaired) electrons. The lowest BCUT2D eigenvalue weighted by atomic mass is 9.82. The highest BCUT2D eigenvalue weighted by molar-refractivity contribution is 7.92. The fourth-order valence-corrected chi connectivity index (χ4v) is 6.98. The van der Waals surface area contributed by atoms with Gasteiger partial charge in [-0.15, -0.1) is 0 Å². The molecule has 6 N–H and O–H groups in total. The van der Waals surface area contributed by atoms with Gasteiger partial charge in [-0.1, -0.05) is 31.7 Å². The number of aryl methyl sites for hydroxylation is 2. The molecule has 0 saturated heterocycles. The van der Waals surface area contributed by atoms with E-state index in [-0.39, 0.29) is 16.7 Å². The highest BCUT2D eigenvalue weighted by atomic mass is 32.2. The number of aliphatic hydroxyl groups is 1. The normalized spacial score (nSPS) is 17.2. The second kappa shape index (κ2) is 13.5. The molecule has 0 bridgehead atoms. The van der Waals surface area contributed by atoms with Gasteiger partial charge in [0.1, 0.15) is 17.7 Å². The van der Waals surface area contributed by atoms with Crippen LogP contribution < -0.4 is 26.2 Å². The number of nitrogens with one attached hydrogen (secondary N) is 3. The van der Waals surface area contributed by atoms with E-state index in [9.17, 15) is 18.3 Å². The van der Waals surface area contributed by atoms with Crippen LogP contribution in [0.3, 0.4) is 0 Å². The maximum absolute atomic E-state index is 13.2. The standard InChI is InChI=1S/C33H40N6O5S/c34-32-16-8-24(18-36-32)30(40)20-35-19-28-13-7-23-17-29(14-15-31(23)44-28)45(42,43)38-25-9-11-27(12-10-25)39-21-26(37-33(39)41)6-2-5-22-3-1-4-22/h8-12,14-18,21-22,28,30,35,38,40H,1-7,13,19-20H2,(H2,34,36)(H,37,41). The zero-order valence-electron chi connectivity index (χ0n) is 25.1. The Morgan fingerprint density at radius 2 is 1.93 bits per heavy atom. The molecule has 2 aliphatic rings. The molecule has 45 heavy (non-hydrogen) atoms. The van der Waals surface area contributed by atoms with E-state index in [2.05, 4.69) is 20.0 Å². The summed E-state index contributed by atoms with van der Waals surface area (Å²) >= 11 is 0. The van der Waals surface area contributed by atoms with Gasteiger partial charge >= 0.3 is 5.69 Å². The lowest BCUT2D eigenvalue weighted by Gasteiger charge is -2.27. The van der Waals surface area contributed by atoms with Gasteiger partial charge < -0.3 is 25.9 Å². The van der Waals surface area contributed by atoms with Crippen molar-refractivity contribution in [1.82, 2.24) is 19.9 Å². The van der Waals surface area contributed by atoms with Crippen LogP contribution in [0.5, 0.6) is 5.75 Å². The smallest absolute Gasteiger partial charge is 0.330 e. The Hall–Kier alpha value is -4.13. The molecule has 12 heteroatoms. The van der Waals surface area contributed by atoms with Crippen LogP contribution in [0.2, 0.25) is 0 Å². The summed E-state index contributed by atoms with van der Waals surface area (Å²) in [5.41, 5.74) is 8.89. The highest BCUT2D eigenvalue weighted by Gasteiger charge is 2.23. The molecule has 1 aliphatic carbocycles. The van der Waals surface area contributed by atoms with Gasteiger partial charge in [-0.25, -0.2) is 18.2 Å². The molecule has 1 saturated carbocycles. The van der Waals surface area contributed by atoms with Crippen LogP contribution in [0.1, 0.15) is 61.4 Å². The lowest BCUT2D eigenvalue weighted by molar-refractivity contribution is 0.146. The van der Waals surface area contributed by atoms with Crippen molar-refractivity contribution < 1.29 is 18.3 Å². The number of sulfonamides is 1. The first-order chi connectivity index (χ1) is 21.7. The van der Waals surface area contributed by atoms with E-state index in [1.165, 1.54) is 31.7 Å². The zero-order chi connectivity index (χ0) is 31.4. The van der Waals surface area contributed by atoms with Crippen molar-refractivity contribution in [2.75, 3.05) is 23.5 Å². The molecule has 6 rings (SSSR count). The number of H-pyrrole nitrogens is 1. The van der Waals surface area contributed by atoms with Crippen molar-refractivity contribution in [3.63, 3.8) is 0 Å². The molecule has 2 aromatic heterocycles. The van der Waals surface area contributed by atoms with Crippen molar-refractivity contribution in [3.8, 4) is 11.4 Å². The second-order valence-electron chi connectivity index (χ2n) is 12.0. The van der Waals surface area contributed by atoms with Crippen molar-refractivity contribution in [2.45, 2.75) is 68.5 Å². The number of fused-ring (bicyclic) bond motifs is 1. The molecular formula is C33H40N6O5S. The molecular weight excluding hydrogens is 592 g/mol. The number of aromatic amines is 1. The monoisotopic (exact) mass is 632 g/mol. The average molecular weight is 633 g/mol. The minimum atomic E-state index is -3.84. The fourth-order valence-electron chi connectivity index (χ4n) is 5.87. The number of imidazole rings is 1. The molecule has 1 aliphatic heterocycles. The first-order valence-corrected chi connectivity index (χ1v) is 17.1. The third kappa shape index (κ3) is 7.58. The van der Waals surface area contributed by atoms with Gasteiger partial charge in [0, 0.05) is 42.4 Å². The average Bonchev–Trinajstić information content (AvgIpc) is 3.38. The van der Waals surface area contributed by atoms with Crippen LogP contribution in [0.25, 0.3) is 5.69 Å². The number of hydrogen-bond acceptors (Lipinski definition) is 8. The minimum absolute atomic E-state index is 0.107. The molecule has 2 aromatic carbocycles. The molecule has 0 spiro atoms. The molecule has 3 heterocycles. The number of ether oxygens (including phenoxy) is 1. The molecule has 238 valence electrons. The highest BCUT2D eigenvalue weighted by Crippen LogP contribution is 2.32. The van der Waals surface area contributed by atoms with Crippen LogP contribution in [0.4, 0.5) is 11.5 Å². The molecule has 2 unspecified atom stereocenters. The van der Waals surface area contributed by atoms with Gasteiger partial charge in [0.15, 0.2) is 0 Å². The Labute approximate surface area is 262 Å². The quantitative estimate of drug-likeness (QED) is 0.147. The largest absolute Gasteiger partial charge is 0.489 e. The Morgan fingerprint density at radius 3 is 2.67 bits per heavy atom. The summed E-state index contributed by atoms with van der Waals surface area (Å²) in [6.45, 7) is 0.874. The van der Waals surface area contributed by atoms with Crippen molar-refractivity contribution in [1.29, 1.82) is 0 Å². The summed E-state index contributed by atoms with van der Waals surface area (Å²) in [4.78, 5) is 19.7. The number of aliphatic hydroxyl groups excluding tert-OH is 1. The van der Waals surface area contributed by atoms with Gasteiger partial charge in [0.25, 0.3) is 10.0 Å². The Kier molecular flexibility index (Phi) is 9.24. The number of benzene rings is 2. The third-order valence-corrected chi connectivity index (χ3v) is 10.1. The number of anilines is 2. The van der Waals surface area contributed by atoms with Crippen molar-refractivity contribution in [2.24, 2.45) is 5.92 Å². The van der Waals surface area contributed by atoms with Crippen LogP contribution in [-0.2, 0) is 22.9 Å². The first-order valence-electron chi connectivity index (χ1n) is 15.6. The van der Waals surface area contributed by atoms with Crippen LogP contribution in [0.15, 0.2) is 76.7 Å². The summed E-state index contributed by atoms with van der Waals surface area (Å²) in [6.07, 6.45) is 11.0. The van der Waals surface area contributed by atoms with Crippen LogP contribution in [-0.4, -0.2) is 47.3 Å². The number of rotatable bonds is 13. The number of hydrogen-bond donors (Lipinski definition) is 5. The Morgan fingerprint density at radius 1 is 1.11 bits per heavy atom. The fraction of sp³-hybridized carbons (Fsp3) is 0.394. The summed E-state index contributed by atoms with van der Waals surface area (Å²) in [7, 11) is -3.84. The molecule has 4 aromatic rings. The van der Waals surface area contributed by atoms with Gasteiger partial charge in [0.2, 0.25) is 0 Å². The second-order valence-corrected chi connectivity index (χ2v) is 13.7. The number of pyridine rings is 1. The predicted octanol–water partition coefficient (Wildman–Crippen LogP) is 4.08. The number of nitrogen functional groups attached to an aromatic ring is 1. The zero-order valence-corrected chi connectivity index (χ0v) is 25.9. The van der Waals surface area contributed by atoms with E-state index in [0.29, 0.717) is 54.4 Å². The summed E-state index contributed by atoms with van der Waals surface area (Å²) in [6, 6.07) is 15.0. The van der Waals surface area contributed by atoms with E-state index in [1.54, 1.807) is 59.3 Å². The van der Waals surface area contributed by atoms with E-state index in [4.69, 9.17) is 10.5 Å². The van der Waals surface area contributed by atoms with Gasteiger partial charge in [-0.05, 0) is 85.7 Å². The molecule has 1 fully saturated rings. The maximum atomic E-state index is 13.2. The van der Waals surface area contributed by atoms with E-state index in [1.807, 2.05) is 6.20 Å². The summed E-state index contributed by atoms with van der Waals surface area (Å²) < 4.78 is 36.8. The maximum Gasteiger partial charge on any atom is 0.330 e. The Bertz CT molecular complexity index is 1760. The van der Waals surface area contributed by atoms with Crippen LogP contribution >= 0.6 is 0 Å². The SMILES string of the molecule is Nc1ccc(C(O)CNCC2CCc3cc(S(=O)(=O)Nc4ccc(-n5cc(CCCC6CCC6)[nH]c5=O)cc4)ccc3O2)cn1. The van der Waals surface area contributed by atoms with E-state index >= 15 is 0 Å². The first kappa shape index (κ1) is 30.9. The predicted molar refractivity (Wildman–Crippen MR) is 173 cm³/mol. The van der Waals surface area contributed by atoms with Crippen molar-refractivity contribution >= 4 is 21.5 Å². The lowest BCUT2D eigenvalue weighted by Crippen LogP contribution is -2.36. The topological polar surface area (TPSA) is 164 Å².